The second-order valence-electron chi connectivity index (χ2n) is 16.5. The Hall–Kier alpha value is -8.00. The zero-order valence-electron chi connectivity index (χ0n) is 33.3. The molecule has 0 saturated carbocycles. The third-order valence-corrected chi connectivity index (χ3v) is 13.1. The van der Waals surface area contributed by atoms with E-state index < -0.39 is 0 Å². The maximum Gasteiger partial charge on any atom is 0.0547 e. The van der Waals surface area contributed by atoms with Crippen LogP contribution in [0.3, 0.4) is 0 Å². The number of rotatable bonds is 4. The van der Waals surface area contributed by atoms with E-state index in [1.165, 1.54) is 126 Å². The van der Waals surface area contributed by atoms with Gasteiger partial charge in [-0.15, -0.1) is 0 Å². The molecule has 282 valence electrons. The minimum atomic E-state index is 1.20. The summed E-state index contributed by atoms with van der Waals surface area (Å²) in [6.07, 6.45) is 0. The van der Waals surface area contributed by atoms with Crippen LogP contribution in [0.15, 0.2) is 224 Å². The molecule has 0 amide bonds. The summed E-state index contributed by atoms with van der Waals surface area (Å²) in [5.41, 5.74) is 13.5. The summed E-state index contributed by atoms with van der Waals surface area (Å²) in [5.74, 6) is 0. The molecule has 0 aliphatic carbocycles. The maximum atomic E-state index is 2.45. The molecule has 0 radical (unpaired) electrons. The van der Waals surface area contributed by atoms with Gasteiger partial charge in [-0.25, -0.2) is 0 Å². The predicted molar refractivity (Wildman–Crippen MR) is 262 cm³/mol. The van der Waals surface area contributed by atoms with Crippen molar-refractivity contribution < 1.29 is 0 Å². The fourth-order valence-electron chi connectivity index (χ4n) is 10.2. The third-order valence-electron chi connectivity index (χ3n) is 13.1. The van der Waals surface area contributed by atoms with Crippen LogP contribution in [0.25, 0.3) is 126 Å². The molecule has 2 heterocycles. The van der Waals surface area contributed by atoms with Crippen molar-refractivity contribution in [2.45, 2.75) is 0 Å². The van der Waals surface area contributed by atoms with E-state index in [1.807, 2.05) is 0 Å². The summed E-state index contributed by atoms with van der Waals surface area (Å²) < 4.78 is 2.44. The Labute approximate surface area is 353 Å². The molecule has 0 N–H and O–H groups in total. The van der Waals surface area contributed by atoms with E-state index in [4.69, 9.17) is 0 Å². The quantitative estimate of drug-likeness (QED) is 0.124. The highest BCUT2D eigenvalue weighted by Gasteiger charge is 2.19. The molecule has 1 nitrogen and oxygen atoms in total. The number of para-hydroxylation sites is 1. The lowest BCUT2D eigenvalue weighted by Gasteiger charge is -2.19. The van der Waals surface area contributed by atoms with Crippen LogP contribution in [0.2, 0.25) is 0 Å². The van der Waals surface area contributed by atoms with E-state index in [0.717, 1.165) is 0 Å². The number of nitrogens with zero attached hydrogens (tertiary/aromatic N) is 1. The van der Waals surface area contributed by atoms with Crippen LogP contribution in [0.1, 0.15) is 0 Å². The Morgan fingerprint density at radius 2 is 0.656 bits per heavy atom. The van der Waals surface area contributed by atoms with E-state index in [1.54, 1.807) is 0 Å². The van der Waals surface area contributed by atoms with Crippen molar-refractivity contribution in [3.05, 3.63) is 224 Å². The lowest BCUT2D eigenvalue weighted by Crippen LogP contribution is -1.93. The summed E-state index contributed by atoms with van der Waals surface area (Å²) in [6.45, 7) is 0. The Morgan fingerprint density at radius 1 is 0.197 bits per heavy atom. The van der Waals surface area contributed by atoms with Gasteiger partial charge < -0.3 is 4.40 Å². The van der Waals surface area contributed by atoms with E-state index in [0.29, 0.717) is 0 Å². The molecular formula is C60H37N. The first kappa shape index (κ1) is 33.9. The SMILES string of the molecule is c1ccc2cc(-c3ccc(-c4c5ccccc5c(-c5ccc6ccccc6c5)c5cc(-c6ccc7c(c6)c6ccccc6c6cc8ccccc8n76)ccc45)cc3)ccc2c1. The molecule has 0 atom stereocenters. The minimum absolute atomic E-state index is 1.20. The van der Waals surface area contributed by atoms with Crippen LogP contribution in [0, 0.1) is 0 Å². The molecule has 1 heteroatoms. The van der Waals surface area contributed by atoms with Gasteiger partial charge in [0.25, 0.3) is 0 Å². The molecule has 13 rings (SSSR count). The maximum absolute atomic E-state index is 2.45. The number of hydrogen-bond donors (Lipinski definition) is 0. The van der Waals surface area contributed by atoms with Crippen molar-refractivity contribution >= 4 is 81.2 Å². The number of fused-ring (bicyclic) bond motifs is 12. The largest absolute Gasteiger partial charge is 0.309 e. The van der Waals surface area contributed by atoms with Crippen LogP contribution < -0.4 is 0 Å². The first-order valence-corrected chi connectivity index (χ1v) is 21.2. The molecule has 0 aliphatic heterocycles. The molecule has 61 heavy (non-hydrogen) atoms. The molecule has 0 saturated heterocycles. The highest BCUT2D eigenvalue weighted by Crippen LogP contribution is 2.46. The van der Waals surface area contributed by atoms with Gasteiger partial charge in [0.1, 0.15) is 0 Å². The normalized spacial score (nSPS) is 11.9. The Morgan fingerprint density at radius 3 is 1.38 bits per heavy atom. The van der Waals surface area contributed by atoms with Crippen molar-refractivity contribution in [3.8, 4) is 44.5 Å². The van der Waals surface area contributed by atoms with Crippen LogP contribution in [0.4, 0.5) is 0 Å². The van der Waals surface area contributed by atoms with Gasteiger partial charge in [0.2, 0.25) is 0 Å². The summed E-state index contributed by atoms with van der Waals surface area (Å²) in [5, 5.41) is 15.1. The van der Waals surface area contributed by atoms with E-state index in [9.17, 15) is 0 Å². The molecular weight excluding hydrogens is 735 g/mol. The van der Waals surface area contributed by atoms with Crippen molar-refractivity contribution in [3.63, 3.8) is 0 Å². The van der Waals surface area contributed by atoms with Crippen molar-refractivity contribution in [1.29, 1.82) is 0 Å². The van der Waals surface area contributed by atoms with Crippen LogP contribution >= 0.6 is 0 Å². The summed E-state index contributed by atoms with van der Waals surface area (Å²) >= 11 is 0. The zero-order chi connectivity index (χ0) is 40.0. The number of aromatic nitrogens is 1. The predicted octanol–water partition coefficient (Wildman–Crippen LogP) is 16.7. The first-order chi connectivity index (χ1) is 30.2. The van der Waals surface area contributed by atoms with Gasteiger partial charge in [0.15, 0.2) is 0 Å². The second-order valence-corrected chi connectivity index (χ2v) is 16.5. The van der Waals surface area contributed by atoms with Gasteiger partial charge >= 0.3 is 0 Å². The second kappa shape index (κ2) is 13.3. The monoisotopic (exact) mass is 771 g/mol. The molecule has 2 aromatic heterocycles. The van der Waals surface area contributed by atoms with Gasteiger partial charge in [-0.05, 0) is 135 Å². The lowest BCUT2D eigenvalue weighted by atomic mass is 9.84. The standard InChI is InChI=1S/C60H37N/c1-3-13-42-33-44(27-23-38(42)11-1)40-21-25-41(26-22-40)59-51-18-8-9-19-52(51)60(48-28-24-39-12-2-4-14-43(39)34-48)55-36-45(29-31-53(55)59)46-30-32-57-54(35-46)49-16-6-7-17-50(49)58-37-47-15-5-10-20-56(47)61(57)58/h1-37H. The van der Waals surface area contributed by atoms with E-state index in [-0.39, 0.29) is 0 Å². The minimum Gasteiger partial charge on any atom is -0.309 e. The smallest absolute Gasteiger partial charge is 0.0547 e. The van der Waals surface area contributed by atoms with Crippen LogP contribution in [0.5, 0.6) is 0 Å². The molecule has 0 unspecified atom stereocenters. The molecule has 13 aromatic rings. The van der Waals surface area contributed by atoms with E-state index >= 15 is 0 Å². The molecule has 0 bridgehead atoms. The fraction of sp³-hybridized carbons (Fsp3) is 0. The summed E-state index contributed by atoms with van der Waals surface area (Å²) in [7, 11) is 0. The third kappa shape index (κ3) is 5.27. The molecule has 0 fully saturated rings. The summed E-state index contributed by atoms with van der Waals surface area (Å²) in [6, 6.07) is 83.3. The van der Waals surface area contributed by atoms with E-state index in [2.05, 4.69) is 229 Å². The highest BCUT2D eigenvalue weighted by molar-refractivity contribution is 6.23. The average Bonchev–Trinajstić information content (AvgIpc) is 3.73. The topological polar surface area (TPSA) is 4.41 Å². The Balaban J connectivity index is 1.05. The Bertz CT molecular complexity index is 3920. The molecule has 0 spiro atoms. The highest BCUT2D eigenvalue weighted by atomic mass is 14.9. The van der Waals surface area contributed by atoms with Crippen molar-refractivity contribution in [2.75, 3.05) is 0 Å². The van der Waals surface area contributed by atoms with Gasteiger partial charge in [0.05, 0.1) is 16.6 Å². The average molecular weight is 772 g/mol. The van der Waals surface area contributed by atoms with Gasteiger partial charge in [0, 0.05) is 16.2 Å². The lowest BCUT2D eigenvalue weighted by molar-refractivity contribution is 1.35. The van der Waals surface area contributed by atoms with Crippen LogP contribution in [-0.4, -0.2) is 4.40 Å². The zero-order valence-corrected chi connectivity index (χ0v) is 33.3. The van der Waals surface area contributed by atoms with Crippen LogP contribution in [-0.2, 0) is 0 Å². The Kier molecular flexibility index (Phi) is 7.37. The number of pyridine rings is 1. The van der Waals surface area contributed by atoms with Gasteiger partial charge in [-0.2, -0.15) is 0 Å². The van der Waals surface area contributed by atoms with Crippen molar-refractivity contribution in [1.82, 2.24) is 4.40 Å². The van der Waals surface area contributed by atoms with Gasteiger partial charge in [-0.1, -0.05) is 182 Å². The number of hydrogen-bond acceptors (Lipinski definition) is 0. The summed E-state index contributed by atoms with van der Waals surface area (Å²) in [4.78, 5) is 0. The molecule has 11 aromatic carbocycles. The van der Waals surface area contributed by atoms with Crippen molar-refractivity contribution in [2.24, 2.45) is 0 Å². The van der Waals surface area contributed by atoms with Gasteiger partial charge in [-0.3, -0.25) is 0 Å². The molecule has 0 aliphatic rings. The number of benzene rings is 11. The first-order valence-electron chi connectivity index (χ1n) is 21.2. The fourth-order valence-corrected chi connectivity index (χ4v) is 10.2.